The standard InChI is InChI=1S/C21H26N2O4S/c1-16-7-8-18(13-17(16)2)21(24)22-14-19-5-3-4-6-20(19)15-28(25,26)23-9-11-27-12-10-23/h3-8,13H,9-12,14-15H2,1-2H3,(H,22,24). The van der Waals surface area contributed by atoms with Gasteiger partial charge in [-0.25, -0.2) is 8.42 Å². The summed E-state index contributed by atoms with van der Waals surface area (Å²) in [4.78, 5) is 12.5. The van der Waals surface area contributed by atoms with Crippen molar-refractivity contribution >= 4 is 15.9 Å². The molecule has 3 rings (SSSR count). The molecule has 1 heterocycles. The molecule has 7 heteroatoms. The predicted molar refractivity (Wildman–Crippen MR) is 109 cm³/mol. The molecule has 0 spiro atoms. The third-order valence-electron chi connectivity index (χ3n) is 5.03. The van der Waals surface area contributed by atoms with Gasteiger partial charge in [0.05, 0.1) is 19.0 Å². The van der Waals surface area contributed by atoms with Crippen molar-refractivity contribution in [3.63, 3.8) is 0 Å². The van der Waals surface area contributed by atoms with Crippen LogP contribution in [0.2, 0.25) is 0 Å². The number of aryl methyl sites for hydroxylation is 2. The summed E-state index contributed by atoms with van der Waals surface area (Å²) >= 11 is 0. The molecule has 0 aromatic heterocycles. The summed E-state index contributed by atoms with van der Waals surface area (Å²) in [7, 11) is -3.42. The van der Waals surface area contributed by atoms with Crippen LogP contribution in [-0.4, -0.2) is 44.9 Å². The number of morpholine rings is 1. The number of benzene rings is 2. The molecular formula is C21H26N2O4S. The van der Waals surface area contributed by atoms with Crippen LogP contribution >= 0.6 is 0 Å². The maximum absolute atomic E-state index is 12.7. The minimum absolute atomic E-state index is 0.0807. The lowest BCUT2D eigenvalue weighted by atomic mass is 10.1. The van der Waals surface area contributed by atoms with Gasteiger partial charge in [-0.2, -0.15) is 4.31 Å². The lowest BCUT2D eigenvalue weighted by molar-refractivity contribution is 0.0729. The van der Waals surface area contributed by atoms with Crippen LogP contribution in [0.25, 0.3) is 0 Å². The summed E-state index contributed by atoms with van der Waals surface area (Å²) in [5, 5.41) is 2.90. The number of hydrogen-bond acceptors (Lipinski definition) is 4. The highest BCUT2D eigenvalue weighted by Gasteiger charge is 2.25. The Labute approximate surface area is 166 Å². The molecule has 0 saturated carbocycles. The van der Waals surface area contributed by atoms with Gasteiger partial charge >= 0.3 is 0 Å². The van der Waals surface area contributed by atoms with E-state index < -0.39 is 10.0 Å². The summed E-state index contributed by atoms with van der Waals surface area (Å²) in [6.45, 7) is 5.86. The number of amides is 1. The van der Waals surface area contributed by atoms with E-state index in [2.05, 4.69) is 5.32 Å². The van der Waals surface area contributed by atoms with Crippen LogP contribution in [-0.2, 0) is 27.1 Å². The molecule has 150 valence electrons. The van der Waals surface area contributed by atoms with E-state index in [1.807, 2.05) is 44.2 Å². The number of sulfonamides is 1. The van der Waals surface area contributed by atoms with E-state index in [1.165, 1.54) is 4.31 Å². The zero-order valence-corrected chi connectivity index (χ0v) is 17.1. The Bertz CT molecular complexity index is 951. The third kappa shape index (κ3) is 4.98. The fourth-order valence-corrected chi connectivity index (χ4v) is 4.71. The SMILES string of the molecule is Cc1ccc(C(=O)NCc2ccccc2CS(=O)(=O)N2CCOCC2)cc1C. The molecule has 1 N–H and O–H groups in total. The van der Waals surface area contributed by atoms with Crippen molar-refractivity contribution in [3.05, 3.63) is 70.3 Å². The van der Waals surface area contributed by atoms with Gasteiger partial charge in [-0.3, -0.25) is 4.79 Å². The highest BCUT2D eigenvalue weighted by Crippen LogP contribution is 2.17. The molecule has 2 aromatic carbocycles. The fourth-order valence-electron chi connectivity index (χ4n) is 3.14. The van der Waals surface area contributed by atoms with Gasteiger partial charge in [0.2, 0.25) is 10.0 Å². The van der Waals surface area contributed by atoms with Crippen LogP contribution in [0.15, 0.2) is 42.5 Å². The number of hydrogen-bond donors (Lipinski definition) is 1. The maximum atomic E-state index is 12.7. The lowest BCUT2D eigenvalue weighted by Crippen LogP contribution is -2.41. The molecule has 2 aromatic rings. The van der Waals surface area contributed by atoms with E-state index >= 15 is 0 Å². The second kappa shape index (κ2) is 8.86. The van der Waals surface area contributed by atoms with Crippen molar-refractivity contribution in [1.82, 2.24) is 9.62 Å². The van der Waals surface area contributed by atoms with Crippen LogP contribution in [0, 0.1) is 13.8 Å². The van der Waals surface area contributed by atoms with E-state index in [-0.39, 0.29) is 18.2 Å². The Balaban J connectivity index is 1.70. The van der Waals surface area contributed by atoms with Crippen LogP contribution in [0.1, 0.15) is 32.6 Å². The van der Waals surface area contributed by atoms with Crippen molar-refractivity contribution in [2.75, 3.05) is 26.3 Å². The maximum Gasteiger partial charge on any atom is 0.251 e. The molecule has 1 fully saturated rings. The molecule has 6 nitrogen and oxygen atoms in total. The Morgan fingerprint density at radius 1 is 1.04 bits per heavy atom. The monoisotopic (exact) mass is 402 g/mol. The average Bonchev–Trinajstić information content (AvgIpc) is 2.69. The van der Waals surface area contributed by atoms with Crippen molar-refractivity contribution < 1.29 is 17.9 Å². The van der Waals surface area contributed by atoms with Crippen molar-refractivity contribution in [2.45, 2.75) is 26.1 Å². The van der Waals surface area contributed by atoms with Crippen LogP contribution < -0.4 is 5.32 Å². The minimum atomic E-state index is -3.42. The first-order valence-electron chi connectivity index (χ1n) is 9.34. The lowest BCUT2D eigenvalue weighted by Gasteiger charge is -2.26. The van der Waals surface area contributed by atoms with Crippen molar-refractivity contribution in [3.8, 4) is 0 Å². The predicted octanol–water partition coefficient (Wildman–Crippen LogP) is 2.40. The average molecular weight is 403 g/mol. The Hall–Kier alpha value is -2.22. The van der Waals surface area contributed by atoms with Crippen molar-refractivity contribution in [2.24, 2.45) is 0 Å². The molecule has 1 saturated heterocycles. The Morgan fingerprint density at radius 2 is 1.71 bits per heavy atom. The number of nitrogens with zero attached hydrogens (tertiary/aromatic N) is 1. The van der Waals surface area contributed by atoms with E-state index in [0.29, 0.717) is 37.4 Å². The summed E-state index contributed by atoms with van der Waals surface area (Å²) in [5.41, 5.74) is 4.30. The smallest absolute Gasteiger partial charge is 0.251 e. The van der Waals surface area contributed by atoms with Crippen molar-refractivity contribution in [1.29, 1.82) is 0 Å². The number of ether oxygens (including phenoxy) is 1. The van der Waals surface area contributed by atoms with E-state index in [9.17, 15) is 13.2 Å². The first-order chi connectivity index (χ1) is 13.4. The second-order valence-electron chi connectivity index (χ2n) is 7.02. The first-order valence-corrected chi connectivity index (χ1v) is 11.0. The van der Waals surface area contributed by atoms with Gasteiger partial charge < -0.3 is 10.1 Å². The number of carbonyl (C=O) groups excluding carboxylic acids is 1. The molecule has 0 aliphatic carbocycles. The molecule has 0 atom stereocenters. The highest BCUT2D eigenvalue weighted by atomic mass is 32.2. The van der Waals surface area contributed by atoms with Gasteiger partial charge in [0.25, 0.3) is 5.91 Å². The van der Waals surface area contributed by atoms with E-state index in [1.54, 1.807) is 12.1 Å². The summed E-state index contributed by atoms with van der Waals surface area (Å²) in [6.07, 6.45) is 0. The zero-order chi connectivity index (χ0) is 20.1. The quantitative estimate of drug-likeness (QED) is 0.805. The molecule has 1 aliphatic heterocycles. The molecule has 1 amide bonds. The molecule has 0 radical (unpaired) electrons. The molecule has 0 unspecified atom stereocenters. The van der Waals surface area contributed by atoms with Gasteiger partial charge in [0.1, 0.15) is 0 Å². The summed E-state index contributed by atoms with van der Waals surface area (Å²) in [5.74, 6) is -0.253. The van der Waals surface area contributed by atoms with Gasteiger partial charge in [-0.05, 0) is 48.2 Å². The normalized spacial score (nSPS) is 15.4. The Morgan fingerprint density at radius 3 is 2.39 bits per heavy atom. The topological polar surface area (TPSA) is 75.7 Å². The van der Waals surface area contributed by atoms with Crippen LogP contribution in [0.5, 0.6) is 0 Å². The molecule has 28 heavy (non-hydrogen) atoms. The number of carbonyl (C=O) groups is 1. The molecule has 1 aliphatic rings. The first kappa shape index (κ1) is 20.5. The molecule has 0 bridgehead atoms. The third-order valence-corrected chi connectivity index (χ3v) is 6.86. The zero-order valence-electron chi connectivity index (χ0n) is 16.3. The second-order valence-corrected chi connectivity index (χ2v) is 8.99. The van der Waals surface area contributed by atoms with Crippen LogP contribution in [0.4, 0.5) is 0 Å². The number of rotatable bonds is 6. The Kier molecular flexibility index (Phi) is 6.49. The summed E-state index contributed by atoms with van der Waals surface area (Å²) in [6, 6.07) is 12.9. The highest BCUT2D eigenvalue weighted by molar-refractivity contribution is 7.88. The molecular weight excluding hydrogens is 376 g/mol. The summed E-state index contributed by atoms with van der Waals surface area (Å²) < 4.78 is 32.1. The minimum Gasteiger partial charge on any atom is -0.379 e. The van der Waals surface area contributed by atoms with Gasteiger partial charge in [-0.1, -0.05) is 30.3 Å². The van der Waals surface area contributed by atoms with Gasteiger partial charge in [0.15, 0.2) is 0 Å². The van der Waals surface area contributed by atoms with Crippen LogP contribution in [0.3, 0.4) is 0 Å². The number of nitrogens with one attached hydrogen (secondary N) is 1. The van der Waals surface area contributed by atoms with Gasteiger partial charge in [-0.15, -0.1) is 0 Å². The fraction of sp³-hybridized carbons (Fsp3) is 0.381. The van der Waals surface area contributed by atoms with E-state index in [4.69, 9.17) is 4.74 Å². The van der Waals surface area contributed by atoms with E-state index in [0.717, 1.165) is 16.7 Å². The van der Waals surface area contributed by atoms with Gasteiger partial charge in [0, 0.05) is 25.2 Å². The largest absolute Gasteiger partial charge is 0.379 e.